The van der Waals surface area contributed by atoms with Crippen LogP contribution < -0.4 is 10.6 Å². The Morgan fingerprint density at radius 2 is 2.36 bits per heavy atom. The molecule has 1 heterocycles. The van der Waals surface area contributed by atoms with Gasteiger partial charge in [0, 0.05) is 13.0 Å². The summed E-state index contributed by atoms with van der Waals surface area (Å²) < 4.78 is 4.88. The molecule has 0 saturated carbocycles. The summed E-state index contributed by atoms with van der Waals surface area (Å²) in [5, 5.41) is 9.11. The molecule has 0 spiro atoms. The first-order valence-corrected chi connectivity index (χ1v) is 4.43. The first-order chi connectivity index (χ1) is 6.72. The zero-order valence-electron chi connectivity index (χ0n) is 8.33. The van der Waals surface area contributed by atoms with E-state index >= 15 is 0 Å². The number of likely N-dealkylation sites (N-methyl/N-ethyl adjacent to an activating group) is 1. The number of nitrogens with one attached hydrogen (secondary N) is 2. The van der Waals surface area contributed by atoms with E-state index < -0.39 is 0 Å². The van der Waals surface area contributed by atoms with Crippen molar-refractivity contribution < 1.29 is 9.32 Å². The maximum atomic E-state index is 11.0. The van der Waals surface area contributed by atoms with E-state index in [-0.39, 0.29) is 5.91 Å². The van der Waals surface area contributed by atoms with E-state index in [9.17, 15) is 4.79 Å². The van der Waals surface area contributed by atoms with Crippen molar-refractivity contribution in [2.45, 2.75) is 13.3 Å². The SMILES string of the molecule is CNCC(=O)NCCc1nc(C)no1. The van der Waals surface area contributed by atoms with Gasteiger partial charge in [0.1, 0.15) is 0 Å². The minimum absolute atomic E-state index is 0.0382. The Kier molecular flexibility index (Phi) is 4.06. The Morgan fingerprint density at radius 3 is 2.93 bits per heavy atom. The lowest BCUT2D eigenvalue weighted by atomic mass is 10.4. The molecule has 6 heteroatoms. The van der Waals surface area contributed by atoms with Gasteiger partial charge in [0.25, 0.3) is 0 Å². The van der Waals surface area contributed by atoms with Crippen LogP contribution >= 0.6 is 0 Å². The molecule has 14 heavy (non-hydrogen) atoms. The predicted molar refractivity (Wildman–Crippen MR) is 49.7 cm³/mol. The van der Waals surface area contributed by atoms with Gasteiger partial charge in [-0.05, 0) is 14.0 Å². The van der Waals surface area contributed by atoms with E-state index in [1.54, 1.807) is 14.0 Å². The van der Waals surface area contributed by atoms with E-state index in [1.807, 2.05) is 0 Å². The number of aromatic nitrogens is 2. The van der Waals surface area contributed by atoms with Crippen molar-refractivity contribution in [3.8, 4) is 0 Å². The highest BCUT2D eigenvalue weighted by Crippen LogP contribution is 1.95. The van der Waals surface area contributed by atoms with Crippen molar-refractivity contribution in [1.82, 2.24) is 20.8 Å². The Balaban J connectivity index is 2.18. The molecule has 1 aromatic rings. The first-order valence-electron chi connectivity index (χ1n) is 4.43. The number of rotatable bonds is 5. The summed E-state index contributed by atoms with van der Waals surface area (Å²) in [4.78, 5) is 15.0. The summed E-state index contributed by atoms with van der Waals surface area (Å²) in [6.45, 7) is 2.59. The summed E-state index contributed by atoms with van der Waals surface area (Å²) in [7, 11) is 1.72. The van der Waals surface area contributed by atoms with Crippen molar-refractivity contribution in [3.05, 3.63) is 11.7 Å². The first kappa shape index (κ1) is 10.6. The second-order valence-corrected chi connectivity index (χ2v) is 2.87. The minimum Gasteiger partial charge on any atom is -0.354 e. The third-order valence-corrected chi connectivity index (χ3v) is 1.57. The third-order valence-electron chi connectivity index (χ3n) is 1.57. The van der Waals surface area contributed by atoms with Crippen LogP contribution in [0.15, 0.2) is 4.52 Å². The Hall–Kier alpha value is -1.43. The van der Waals surface area contributed by atoms with Gasteiger partial charge in [-0.1, -0.05) is 5.16 Å². The van der Waals surface area contributed by atoms with E-state index in [1.165, 1.54) is 0 Å². The van der Waals surface area contributed by atoms with Crippen LogP contribution in [0.25, 0.3) is 0 Å². The number of carbonyl (C=O) groups excluding carboxylic acids is 1. The van der Waals surface area contributed by atoms with Crippen molar-refractivity contribution in [2.24, 2.45) is 0 Å². The molecule has 0 aliphatic rings. The fourth-order valence-electron chi connectivity index (χ4n) is 0.973. The van der Waals surface area contributed by atoms with E-state index in [2.05, 4.69) is 20.8 Å². The summed E-state index contributed by atoms with van der Waals surface area (Å²) in [5.41, 5.74) is 0. The molecular formula is C8H14N4O2. The Labute approximate surface area is 82.1 Å². The van der Waals surface area contributed by atoms with Gasteiger partial charge in [-0.2, -0.15) is 4.98 Å². The summed E-state index contributed by atoms with van der Waals surface area (Å²) >= 11 is 0. The van der Waals surface area contributed by atoms with Gasteiger partial charge in [0.2, 0.25) is 11.8 Å². The van der Waals surface area contributed by atoms with Gasteiger partial charge in [0.15, 0.2) is 5.82 Å². The summed E-state index contributed by atoms with van der Waals surface area (Å²) in [5.74, 6) is 1.12. The van der Waals surface area contributed by atoms with Crippen LogP contribution in [-0.4, -0.2) is 36.2 Å². The fraction of sp³-hybridized carbons (Fsp3) is 0.625. The maximum Gasteiger partial charge on any atom is 0.233 e. The number of amides is 1. The van der Waals surface area contributed by atoms with Crippen molar-refractivity contribution in [2.75, 3.05) is 20.1 Å². The molecule has 0 aliphatic heterocycles. The Morgan fingerprint density at radius 1 is 1.57 bits per heavy atom. The fourth-order valence-corrected chi connectivity index (χ4v) is 0.973. The highest BCUT2D eigenvalue weighted by atomic mass is 16.5. The quantitative estimate of drug-likeness (QED) is 0.651. The lowest BCUT2D eigenvalue weighted by Crippen LogP contribution is -2.33. The van der Waals surface area contributed by atoms with Crippen molar-refractivity contribution in [1.29, 1.82) is 0 Å². The number of nitrogens with zero attached hydrogens (tertiary/aromatic N) is 2. The third kappa shape index (κ3) is 3.53. The zero-order valence-corrected chi connectivity index (χ0v) is 8.33. The molecule has 0 atom stereocenters. The molecule has 0 unspecified atom stereocenters. The van der Waals surface area contributed by atoms with Crippen molar-refractivity contribution >= 4 is 5.91 Å². The van der Waals surface area contributed by atoms with Gasteiger partial charge in [-0.15, -0.1) is 0 Å². The minimum atomic E-state index is -0.0382. The van der Waals surface area contributed by atoms with Crippen LogP contribution in [0, 0.1) is 6.92 Å². The topological polar surface area (TPSA) is 80.0 Å². The largest absolute Gasteiger partial charge is 0.354 e. The Bertz CT molecular complexity index is 297. The summed E-state index contributed by atoms with van der Waals surface area (Å²) in [6.07, 6.45) is 0.566. The second-order valence-electron chi connectivity index (χ2n) is 2.87. The molecule has 78 valence electrons. The number of hydrogen-bond donors (Lipinski definition) is 2. The number of aryl methyl sites for hydroxylation is 1. The van der Waals surface area contributed by atoms with Crippen LogP contribution in [0.3, 0.4) is 0 Å². The molecule has 0 radical (unpaired) electrons. The molecule has 0 bridgehead atoms. The average molecular weight is 198 g/mol. The molecule has 0 aliphatic carbocycles. The molecule has 6 nitrogen and oxygen atoms in total. The van der Waals surface area contributed by atoms with E-state index in [4.69, 9.17) is 4.52 Å². The molecule has 0 saturated heterocycles. The summed E-state index contributed by atoms with van der Waals surface area (Å²) in [6, 6.07) is 0. The van der Waals surface area contributed by atoms with Gasteiger partial charge in [0.05, 0.1) is 6.54 Å². The van der Waals surface area contributed by atoms with Crippen molar-refractivity contribution in [3.63, 3.8) is 0 Å². The molecule has 2 N–H and O–H groups in total. The van der Waals surface area contributed by atoms with Crippen LogP contribution in [0.5, 0.6) is 0 Å². The van der Waals surface area contributed by atoms with Gasteiger partial charge in [-0.3, -0.25) is 4.79 Å². The van der Waals surface area contributed by atoms with Gasteiger partial charge in [-0.25, -0.2) is 0 Å². The van der Waals surface area contributed by atoms with E-state index in [0.717, 1.165) is 0 Å². The van der Waals surface area contributed by atoms with Crippen LogP contribution in [0.1, 0.15) is 11.7 Å². The maximum absolute atomic E-state index is 11.0. The number of hydrogen-bond acceptors (Lipinski definition) is 5. The predicted octanol–water partition coefficient (Wildman–Crippen LogP) is -0.744. The molecule has 0 fully saturated rings. The van der Waals surface area contributed by atoms with Crippen LogP contribution in [-0.2, 0) is 11.2 Å². The van der Waals surface area contributed by atoms with Crippen LogP contribution in [0.4, 0.5) is 0 Å². The van der Waals surface area contributed by atoms with Gasteiger partial charge < -0.3 is 15.2 Å². The number of carbonyl (C=O) groups is 1. The standard InChI is InChI=1S/C8H14N4O2/c1-6-11-8(14-12-6)3-4-10-7(13)5-9-2/h9H,3-5H2,1-2H3,(H,10,13). The van der Waals surface area contributed by atoms with E-state index in [0.29, 0.717) is 31.2 Å². The smallest absolute Gasteiger partial charge is 0.233 e. The van der Waals surface area contributed by atoms with Crippen LogP contribution in [0.2, 0.25) is 0 Å². The molecule has 1 amide bonds. The normalized spacial score (nSPS) is 10.1. The van der Waals surface area contributed by atoms with Gasteiger partial charge >= 0.3 is 0 Å². The highest BCUT2D eigenvalue weighted by molar-refractivity contribution is 5.77. The lowest BCUT2D eigenvalue weighted by Gasteiger charge is -2.01. The lowest BCUT2D eigenvalue weighted by molar-refractivity contribution is -0.120. The molecule has 1 rings (SSSR count). The molecule has 1 aromatic heterocycles. The monoisotopic (exact) mass is 198 g/mol. The average Bonchev–Trinajstić information content (AvgIpc) is 2.52. The zero-order chi connectivity index (χ0) is 10.4. The molecule has 0 aromatic carbocycles. The molecular weight excluding hydrogens is 184 g/mol. The highest BCUT2D eigenvalue weighted by Gasteiger charge is 2.03. The second kappa shape index (κ2) is 5.33.